The van der Waals surface area contributed by atoms with Crippen molar-refractivity contribution in [3.63, 3.8) is 0 Å². The minimum Gasteiger partial charge on any atom is -0.508 e. The lowest BCUT2D eigenvalue weighted by Gasteiger charge is -2.20. The van der Waals surface area contributed by atoms with Gasteiger partial charge in [0, 0.05) is 6.54 Å². The van der Waals surface area contributed by atoms with Crippen LogP contribution in [0.2, 0.25) is 0 Å². The Balaban J connectivity index is 2.35. The van der Waals surface area contributed by atoms with Crippen LogP contribution in [0.15, 0.2) is 18.2 Å². The van der Waals surface area contributed by atoms with Crippen LogP contribution >= 0.6 is 0 Å². The fraction of sp³-hybridized carbons (Fsp3) is 0.333. The molecule has 1 aromatic carbocycles. The lowest BCUT2D eigenvalue weighted by Crippen LogP contribution is -2.44. The number of fused-ring (bicyclic) bond motifs is 1. The summed E-state index contributed by atoms with van der Waals surface area (Å²) in [5.41, 5.74) is 7.35. The summed E-state index contributed by atoms with van der Waals surface area (Å²) in [4.78, 5) is 23.8. The summed E-state index contributed by atoms with van der Waals surface area (Å²) >= 11 is 0. The third kappa shape index (κ3) is 2.43. The SMILES string of the molecule is NC1Cc2ccc(O)cc2CN(CC(=O)O)C1=O. The number of aliphatic carboxylic acids is 1. The van der Waals surface area contributed by atoms with E-state index in [1.807, 2.05) is 0 Å². The highest BCUT2D eigenvalue weighted by atomic mass is 16.4. The fourth-order valence-corrected chi connectivity index (χ4v) is 2.10. The zero-order valence-corrected chi connectivity index (χ0v) is 9.67. The van der Waals surface area contributed by atoms with Gasteiger partial charge in [0.2, 0.25) is 5.91 Å². The molecule has 0 radical (unpaired) electrons. The third-order valence-corrected chi connectivity index (χ3v) is 2.95. The summed E-state index contributed by atoms with van der Waals surface area (Å²) in [6.45, 7) is -0.232. The molecule has 1 atom stereocenters. The molecule has 0 saturated carbocycles. The first-order chi connectivity index (χ1) is 8.47. The number of nitrogens with zero attached hydrogens (tertiary/aromatic N) is 1. The summed E-state index contributed by atoms with van der Waals surface area (Å²) < 4.78 is 0. The first kappa shape index (κ1) is 12.4. The lowest BCUT2D eigenvalue weighted by molar-refractivity contribution is -0.145. The first-order valence-corrected chi connectivity index (χ1v) is 5.54. The van der Waals surface area contributed by atoms with Crippen LogP contribution in [0.3, 0.4) is 0 Å². The molecule has 2 rings (SSSR count). The maximum atomic E-state index is 11.9. The van der Waals surface area contributed by atoms with Gasteiger partial charge in [-0.1, -0.05) is 6.07 Å². The Hall–Kier alpha value is -2.08. The predicted molar refractivity (Wildman–Crippen MR) is 62.8 cm³/mol. The van der Waals surface area contributed by atoms with Gasteiger partial charge in [-0.05, 0) is 29.7 Å². The van der Waals surface area contributed by atoms with Crippen molar-refractivity contribution in [1.29, 1.82) is 0 Å². The number of carbonyl (C=O) groups is 2. The second-order valence-corrected chi connectivity index (χ2v) is 4.35. The monoisotopic (exact) mass is 250 g/mol. The quantitative estimate of drug-likeness (QED) is 0.668. The summed E-state index contributed by atoms with van der Waals surface area (Å²) in [5.74, 6) is -1.38. The van der Waals surface area contributed by atoms with Crippen LogP contribution in [0.5, 0.6) is 5.75 Å². The maximum Gasteiger partial charge on any atom is 0.323 e. The molecule has 0 saturated heterocycles. The maximum absolute atomic E-state index is 11.9. The predicted octanol–water partition coefficient (Wildman–Crippen LogP) is -0.311. The molecule has 6 nitrogen and oxygen atoms in total. The molecule has 0 aliphatic carbocycles. The van der Waals surface area contributed by atoms with Gasteiger partial charge < -0.3 is 20.8 Å². The van der Waals surface area contributed by atoms with E-state index in [9.17, 15) is 14.7 Å². The number of phenols is 1. The number of amides is 1. The van der Waals surface area contributed by atoms with Gasteiger partial charge in [0.15, 0.2) is 0 Å². The molecule has 0 spiro atoms. The van der Waals surface area contributed by atoms with Crippen molar-refractivity contribution < 1.29 is 19.8 Å². The van der Waals surface area contributed by atoms with Crippen molar-refractivity contribution in [3.8, 4) is 5.75 Å². The van der Waals surface area contributed by atoms with Gasteiger partial charge in [-0.3, -0.25) is 9.59 Å². The average Bonchev–Trinajstić information content (AvgIpc) is 2.39. The van der Waals surface area contributed by atoms with Gasteiger partial charge in [0.1, 0.15) is 12.3 Å². The number of aromatic hydroxyl groups is 1. The molecule has 1 unspecified atom stereocenters. The Morgan fingerprint density at radius 2 is 2.17 bits per heavy atom. The highest BCUT2D eigenvalue weighted by molar-refractivity contribution is 5.86. The van der Waals surface area contributed by atoms with Crippen molar-refractivity contribution in [2.45, 2.75) is 19.0 Å². The van der Waals surface area contributed by atoms with E-state index >= 15 is 0 Å². The van der Waals surface area contributed by atoms with Gasteiger partial charge in [-0.25, -0.2) is 0 Å². The van der Waals surface area contributed by atoms with Crippen LogP contribution in [0.1, 0.15) is 11.1 Å². The lowest BCUT2D eigenvalue weighted by atomic mass is 10.0. The van der Waals surface area contributed by atoms with Gasteiger partial charge in [-0.15, -0.1) is 0 Å². The number of carbonyl (C=O) groups excluding carboxylic acids is 1. The number of rotatable bonds is 2. The molecule has 1 heterocycles. The summed E-state index contributed by atoms with van der Waals surface area (Å²) in [6.07, 6.45) is 0.352. The number of carboxylic acids is 1. The molecule has 0 aromatic heterocycles. The molecule has 0 bridgehead atoms. The summed E-state index contributed by atoms with van der Waals surface area (Å²) in [7, 11) is 0. The molecule has 1 aromatic rings. The Bertz CT molecular complexity index is 501. The molecular weight excluding hydrogens is 236 g/mol. The van der Waals surface area contributed by atoms with E-state index in [1.54, 1.807) is 6.07 Å². The molecule has 1 amide bonds. The molecule has 0 fully saturated rings. The summed E-state index contributed by atoms with van der Waals surface area (Å²) in [5, 5.41) is 18.2. The number of carboxylic acid groups (broad SMARTS) is 1. The number of phenolic OH excluding ortho intramolecular Hbond substituents is 1. The minimum absolute atomic E-state index is 0.0898. The van der Waals surface area contributed by atoms with Crippen LogP contribution in [0, 0.1) is 0 Å². The van der Waals surface area contributed by atoms with Gasteiger partial charge in [0.05, 0.1) is 6.04 Å². The van der Waals surface area contributed by atoms with E-state index in [2.05, 4.69) is 0 Å². The zero-order chi connectivity index (χ0) is 13.3. The smallest absolute Gasteiger partial charge is 0.323 e. The van der Waals surface area contributed by atoms with E-state index in [0.29, 0.717) is 6.42 Å². The van der Waals surface area contributed by atoms with Crippen molar-refractivity contribution in [2.75, 3.05) is 6.54 Å². The van der Waals surface area contributed by atoms with Crippen LogP contribution in [0.25, 0.3) is 0 Å². The average molecular weight is 250 g/mol. The van der Waals surface area contributed by atoms with Crippen molar-refractivity contribution in [2.24, 2.45) is 5.73 Å². The van der Waals surface area contributed by atoms with Crippen LogP contribution in [-0.4, -0.2) is 39.6 Å². The molecule has 6 heteroatoms. The van der Waals surface area contributed by atoms with E-state index in [0.717, 1.165) is 11.1 Å². The van der Waals surface area contributed by atoms with Gasteiger partial charge >= 0.3 is 5.97 Å². The van der Waals surface area contributed by atoms with Crippen LogP contribution in [0.4, 0.5) is 0 Å². The Morgan fingerprint density at radius 1 is 1.44 bits per heavy atom. The number of benzene rings is 1. The van der Waals surface area contributed by atoms with Gasteiger partial charge in [0.25, 0.3) is 0 Å². The van der Waals surface area contributed by atoms with Gasteiger partial charge in [-0.2, -0.15) is 0 Å². The van der Waals surface area contributed by atoms with Crippen LogP contribution < -0.4 is 5.73 Å². The first-order valence-electron chi connectivity index (χ1n) is 5.54. The third-order valence-electron chi connectivity index (χ3n) is 2.95. The van der Waals surface area contributed by atoms with E-state index in [4.69, 9.17) is 10.8 Å². The fourth-order valence-electron chi connectivity index (χ4n) is 2.10. The van der Waals surface area contributed by atoms with Crippen molar-refractivity contribution >= 4 is 11.9 Å². The normalized spacial score (nSPS) is 19.3. The number of hydrogen-bond acceptors (Lipinski definition) is 4. The molecular formula is C12H14N2O4. The molecule has 96 valence electrons. The van der Waals surface area contributed by atoms with E-state index < -0.39 is 12.0 Å². The van der Waals surface area contributed by atoms with E-state index in [-0.39, 0.29) is 24.7 Å². The van der Waals surface area contributed by atoms with Crippen molar-refractivity contribution in [3.05, 3.63) is 29.3 Å². The van der Waals surface area contributed by atoms with Crippen LogP contribution in [-0.2, 0) is 22.6 Å². The Morgan fingerprint density at radius 3 is 2.83 bits per heavy atom. The minimum atomic E-state index is -1.08. The highest BCUT2D eigenvalue weighted by Gasteiger charge is 2.28. The highest BCUT2D eigenvalue weighted by Crippen LogP contribution is 2.23. The zero-order valence-electron chi connectivity index (χ0n) is 9.67. The Labute approximate surface area is 104 Å². The standard InChI is InChI=1S/C12H14N2O4/c13-10-4-7-1-2-9(15)3-8(7)5-14(12(10)18)6-11(16)17/h1-3,10,15H,4-6,13H2,(H,16,17). The second kappa shape index (κ2) is 4.66. The topological polar surface area (TPSA) is 104 Å². The molecule has 1 aliphatic heterocycles. The second-order valence-electron chi connectivity index (χ2n) is 4.35. The van der Waals surface area contributed by atoms with E-state index in [1.165, 1.54) is 17.0 Å². The molecule has 4 N–H and O–H groups in total. The number of nitrogens with two attached hydrogens (primary N) is 1. The summed E-state index contributed by atoms with van der Waals surface area (Å²) in [6, 6.07) is 4.04. The Kier molecular flexibility index (Phi) is 3.20. The molecule has 1 aliphatic rings. The number of hydrogen-bond donors (Lipinski definition) is 3. The largest absolute Gasteiger partial charge is 0.508 e. The molecule has 18 heavy (non-hydrogen) atoms. The van der Waals surface area contributed by atoms with Crippen molar-refractivity contribution in [1.82, 2.24) is 4.90 Å².